The van der Waals surface area contributed by atoms with Gasteiger partial charge in [-0.15, -0.1) is 0 Å². The molecule has 1 aromatic carbocycles. The molecule has 1 aromatic heterocycles. The van der Waals surface area contributed by atoms with Gasteiger partial charge in [0.05, 0.1) is 0 Å². The predicted octanol–water partition coefficient (Wildman–Crippen LogP) is 1.97. The van der Waals surface area contributed by atoms with Gasteiger partial charge in [0.1, 0.15) is 0 Å². The van der Waals surface area contributed by atoms with Crippen LogP contribution in [0.5, 0.6) is 0 Å². The van der Waals surface area contributed by atoms with Crippen molar-refractivity contribution >= 4 is 5.91 Å². The average Bonchev–Trinajstić information content (AvgIpc) is 2.46. The molecule has 2 aromatic rings. The van der Waals surface area contributed by atoms with Crippen molar-refractivity contribution in [3.05, 3.63) is 69.1 Å². The van der Waals surface area contributed by atoms with Gasteiger partial charge in [0.2, 0.25) is 5.56 Å². The minimum atomic E-state index is -0.242. The lowest BCUT2D eigenvalue weighted by Gasteiger charge is -2.25. The van der Waals surface area contributed by atoms with Crippen molar-refractivity contribution in [1.29, 1.82) is 0 Å². The summed E-state index contributed by atoms with van der Waals surface area (Å²) in [5.41, 5.74) is 3.55. The Morgan fingerprint density at radius 2 is 2.00 bits per heavy atom. The number of aromatic nitrogens is 1. The number of hydrogen-bond donors (Lipinski definition) is 2. The zero-order chi connectivity index (χ0) is 14.8. The molecule has 1 aliphatic rings. The number of H-pyrrole nitrogens is 1. The van der Waals surface area contributed by atoms with E-state index in [1.807, 2.05) is 6.07 Å². The molecule has 0 radical (unpaired) electrons. The topological polar surface area (TPSA) is 62.0 Å². The van der Waals surface area contributed by atoms with Crippen molar-refractivity contribution in [3.63, 3.8) is 0 Å². The quantitative estimate of drug-likeness (QED) is 0.884. The van der Waals surface area contributed by atoms with Gasteiger partial charge in [-0.25, -0.2) is 0 Å². The van der Waals surface area contributed by atoms with Crippen LogP contribution in [-0.4, -0.2) is 16.9 Å². The summed E-state index contributed by atoms with van der Waals surface area (Å²) in [6.45, 7) is 1.77. The fourth-order valence-electron chi connectivity index (χ4n) is 2.90. The van der Waals surface area contributed by atoms with E-state index in [1.54, 1.807) is 13.0 Å². The Morgan fingerprint density at radius 1 is 1.24 bits per heavy atom. The summed E-state index contributed by atoms with van der Waals surface area (Å²) >= 11 is 0. The minimum Gasteiger partial charge on any atom is -0.349 e. The highest BCUT2D eigenvalue weighted by atomic mass is 16.2. The van der Waals surface area contributed by atoms with E-state index in [0.717, 1.165) is 19.3 Å². The number of nitrogens with one attached hydrogen (secondary N) is 2. The summed E-state index contributed by atoms with van der Waals surface area (Å²) in [6.07, 6.45) is 2.77. The Morgan fingerprint density at radius 3 is 2.76 bits per heavy atom. The third-order valence-electron chi connectivity index (χ3n) is 3.92. The van der Waals surface area contributed by atoms with E-state index < -0.39 is 0 Å². The lowest BCUT2D eigenvalue weighted by atomic mass is 9.88. The summed E-state index contributed by atoms with van der Waals surface area (Å²) in [7, 11) is 0. The second-order valence-electron chi connectivity index (χ2n) is 5.60. The summed E-state index contributed by atoms with van der Waals surface area (Å²) in [5, 5.41) is 3.04. The van der Waals surface area contributed by atoms with Crippen molar-refractivity contribution in [3.8, 4) is 0 Å². The molecule has 0 unspecified atom stereocenters. The van der Waals surface area contributed by atoms with Crippen molar-refractivity contribution in [2.24, 2.45) is 0 Å². The van der Waals surface area contributed by atoms with Crippen LogP contribution >= 0.6 is 0 Å². The first-order valence-corrected chi connectivity index (χ1v) is 7.20. The molecule has 1 aliphatic carbocycles. The minimum absolute atomic E-state index is 0.131. The maximum absolute atomic E-state index is 12.3. The standard InChI is InChI=1S/C17H18N2O2/c1-11-8-14(10-16(20)18-11)17(21)19-15-7-6-12-4-2-3-5-13(12)9-15/h2-5,8,10,15H,6-7,9H2,1H3,(H,18,20)(H,19,21)/t15-/m1/s1. The fraction of sp³-hybridized carbons (Fsp3) is 0.294. The van der Waals surface area contributed by atoms with Crippen LogP contribution in [0, 0.1) is 6.92 Å². The Labute approximate surface area is 123 Å². The lowest BCUT2D eigenvalue weighted by Crippen LogP contribution is -2.39. The maximum Gasteiger partial charge on any atom is 0.251 e. The average molecular weight is 282 g/mol. The highest BCUT2D eigenvalue weighted by Crippen LogP contribution is 2.21. The molecule has 0 bridgehead atoms. The van der Waals surface area contributed by atoms with E-state index in [9.17, 15) is 9.59 Å². The number of hydrogen-bond acceptors (Lipinski definition) is 2. The second kappa shape index (κ2) is 5.56. The number of fused-ring (bicyclic) bond motifs is 1. The lowest BCUT2D eigenvalue weighted by molar-refractivity contribution is 0.0933. The summed E-state index contributed by atoms with van der Waals surface area (Å²) in [6, 6.07) is 11.5. The third kappa shape index (κ3) is 3.05. The molecule has 4 nitrogen and oxygen atoms in total. The van der Waals surface area contributed by atoms with Gasteiger partial charge >= 0.3 is 0 Å². The van der Waals surface area contributed by atoms with Crippen LogP contribution in [-0.2, 0) is 12.8 Å². The normalized spacial score (nSPS) is 17.1. The number of aromatic amines is 1. The Kier molecular flexibility index (Phi) is 3.60. The number of amides is 1. The smallest absolute Gasteiger partial charge is 0.251 e. The molecule has 3 rings (SSSR count). The molecular formula is C17H18N2O2. The third-order valence-corrected chi connectivity index (χ3v) is 3.92. The van der Waals surface area contributed by atoms with Crippen molar-refractivity contribution in [2.45, 2.75) is 32.2 Å². The highest BCUT2D eigenvalue weighted by Gasteiger charge is 2.20. The van der Waals surface area contributed by atoms with Gasteiger partial charge in [-0.05, 0) is 43.4 Å². The number of carbonyl (C=O) groups excluding carboxylic acids is 1. The monoisotopic (exact) mass is 282 g/mol. The van der Waals surface area contributed by atoms with Gasteiger partial charge in [-0.1, -0.05) is 24.3 Å². The highest BCUT2D eigenvalue weighted by molar-refractivity contribution is 5.94. The van der Waals surface area contributed by atoms with Gasteiger partial charge in [0.15, 0.2) is 0 Å². The van der Waals surface area contributed by atoms with Crippen LogP contribution in [0.3, 0.4) is 0 Å². The number of pyridine rings is 1. The van der Waals surface area contributed by atoms with E-state index in [1.165, 1.54) is 17.2 Å². The van der Waals surface area contributed by atoms with Crippen molar-refractivity contribution < 1.29 is 4.79 Å². The van der Waals surface area contributed by atoms with Gasteiger partial charge in [0, 0.05) is 23.4 Å². The predicted molar refractivity (Wildman–Crippen MR) is 81.5 cm³/mol. The van der Waals surface area contributed by atoms with Crippen LogP contribution in [0.1, 0.15) is 33.6 Å². The van der Waals surface area contributed by atoms with Crippen LogP contribution in [0.15, 0.2) is 41.2 Å². The molecule has 1 amide bonds. The Bertz CT molecular complexity index is 734. The molecule has 2 N–H and O–H groups in total. The summed E-state index contributed by atoms with van der Waals surface area (Å²) in [4.78, 5) is 26.3. The number of rotatable bonds is 2. The van der Waals surface area contributed by atoms with E-state index >= 15 is 0 Å². The molecule has 0 aliphatic heterocycles. The van der Waals surface area contributed by atoms with Crippen LogP contribution < -0.4 is 10.9 Å². The Hall–Kier alpha value is -2.36. The molecule has 0 saturated carbocycles. The first kappa shape index (κ1) is 13.6. The zero-order valence-electron chi connectivity index (χ0n) is 12.0. The van der Waals surface area contributed by atoms with Gasteiger partial charge in [-0.2, -0.15) is 0 Å². The van der Waals surface area contributed by atoms with Crippen LogP contribution in [0.2, 0.25) is 0 Å². The van der Waals surface area contributed by atoms with Gasteiger partial charge < -0.3 is 10.3 Å². The molecule has 0 fully saturated rings. The van der Waals surface area contributed by atoms with E-state index in [4.69, 9.17) is 0 Å². The molecule has 108 valence electrons. The van der Waals surface area contributed by atoms with E-state index in [0.29, 0.717) is 11.3 Å². The number of aryl methyl sites for hydroxylation is 2. The largest absolute Gasteiger partial charge is 0.349 e. The molecular weight excluding hydrogens is 264 g/mol. The van der Waals surface area contributed by atoms with Crippen molar-refractivity contribution in [2.75, 3.05) is 0 Å². The summed E-state index contributed by atoms with van der Waals surface area (Å²) < 4.78 is 0. The van der Waals surface area contributed by atoms with Gasteiger partial charge in [-0.3, -0.25) is 9.59 Å². The number of benzene rings is 1. The van der Waals surface area contributed by atoms with Crippen LogP contribution in [0.25, 0.3) is 0 Å². The fourth-order valence-corrected chi connectivity index (χ4v) is 2.90. The molecule has 21 heavy (non-hydrogen) atoms. The van der Waals surface area contributed by atoms with Crippen LogP contribution in [0.4, 0.5) is 0 Å². The SMILES string of the molecule is Cc1cc(C(=O)N[C@@H]2CCc3ccccc3C2)cc(=O)[nH]1. The maximum atomic E-state index is 12.3. The van der Waals surface area contributed by atoms with E-state index in [2.05, 4.69) is 28.5 Å². The Balaban J connectivity index is 1.73. The summed E-state index contributed by atoms with van der Waals surface area (Å²) in [5.74, 6) is -0.173. The first-order chi connectivity index (χ1) is 10.1. The zero-order valence-corrected chi connectivity index (χ0v) is 12.0. The van der Waals surface area contributed by atoms with Crippen molar-refractivity contribution in [1.82, 2.24) is 10.3 Å². The molecule has 1 heterocycles. The molecule has 0 saturated heterocycles. The molecule has 1 atom stereocenters. The second-order valence-corrected chi connectivity index (χ2v) is 5.60. The van der Waals surface area contributed by atoms with E-state index in [-0.39, 0.29) is 17.5 Å². The number of carbonyl (C=O) groups is 1. The first-order valence-electron chi connectivity index (χ1n) is 7.20. The molecule has 4 heteroatoms. The van der Waals surface area contributed by atoms with Gasteiger partial charge in [0.25, 0.3) is 5.91 Å². The molecule has 0 spiro atoms.